The minimum Gasteiger partial charge on any atom is -0.391 e. The number of β-amino-alcohol motifs (C(OH)–C–C–N with tert-alkyl or cyclic N) is 1. The van der Waals surface area contributed by atoms with Gasteiger partial charge in [0, 0.05) is 63.4 Å². The van der Waals surface area contributed by atoms with E-state index >= 15 is 0 Å². The number of unbranched alkanes of at least 4 members (excludes halogenated alkanes) is 7. The number of anilines is 1. The predicted molar refractivity (Wildman–Crippen MR) is 249 cm³/mol. The number of likely N-dealkylation sites (tertiary alicyclic amines) is 1. The number of rotatable bonds is 22. The van der Waals surface area contributed by atoms with Crippen LogP contribution in [0.2, 0.25) is 0 Å². The Labute approximate surface area is 373 Å². The molecule has 3 aromatic rings. The summed E-state index contributed by atoms with van der Waals surface area (Å²) in [5, 5.41) is 16.7. The van der Waals surface area contributed by atoms with Crippen LogP contribution >= 0.6 is 11.3 Å². The summed E-state index contributed by atoms with van der Waals surface area (Å²) in [6.07, 6.45) is 9.19. The first kappa shape index (κ1) is 48.7. The Hall–Kier alpha value is -4.37. The smallest absolute Gasteiger partial charge is 0.265 e. The quantitative estimate of drug-likeness (QED) is 0.0543. The van der Waals surface area contributed by atoms with E-state index in [2.05, 4.69) is 43.2 Å². The minimum atomic E-state index is -0.839. The van der Waals surface area contributed by atoms with Crippen LogP contribution in [-0.4, -0.2) is 108 Å². The minimum absolute atomic E-state index is 0.0408. The van der Waals surface area contributed by atoms with Crippen LogP contribution < -0.4 is 26.4 Å². The van der Waals surface area contributed by atoms with Gasteiger partial charge in [-0.25, -0.2) is 10.4 Å². The zero-order chi connectivity index (χ0) is 44.6. The maximum atomic E-state index is 14.1. The Balaban J connectivity index is 0.975. The largest absolute Gasteiger partial charge is 0.391 e. The molecule has 2 aliphatic heterocycles. The molecule has 340 valence electrons. The van der Waals surface area contributed by atoms with E-state index in [9.17, 15) is 24.3 Å². The van der Waals surface area contributed by atoms with Crippen molar-refractivity contribution in [3.63, 3.8) is 0 Å². The molecule has 0 radical (unpaired) electrons. The third kappa shape index (κ3) is 14.3. The maximum absolute atomic E-state index is 14.1. The number of thiazole rings is 1. The Morgan fingerprint density at radius 1 is 0.871 bits per heavy atom. The van der Waals surface area contributed by atoms with Crippen LogP contribution in [0.15, 0.2) is 54.0 Å². The number of nitrogens with one attached hydrogen (secondary N) is 4. The highest BCUT2D eigenvalue weighted by Gasteiger charge is 2.44. The first-order chi connectivity index (χ1) is 29.7. The van der Waals surface area contributed by atoms with Crippen LogP contribution in [0, 0.1) is 12.3 Å². The number of aliphatic hydroxyl groups is 1. The van der Waals surface area contributed by atoms with Gasteiger partial charge in [-0.05, 0) is 80.5 Å². The first-order valence-corrected chi connectivity index (χ1v) is 23.8. The Kier molecular flexibility index (Phi) is 18.8. The average molecular weight is 873 g/mol. The van der Waals surface area contributed by atoms with Crippen molar-refractivity contribution >= 4 is 40.7 Å². The van der Waals surface area contributed by atoms with E-state index in [1.165, 1.54) is 24.2 Å². The fraction of sp³-hybridized carbons (Fsp3) is 0.604. The van der Waals surface area contributed by atoms with Crippen LogP contribution in [0.3, 0.4) is 0 Å². The molecule has 0 unspecified atom stereocenters. The summed E-state index contributed by atoms with van der Waals surface area (Å²) in [5.41, 5.74) is 11.8. The molecule has 0 aliphatic carbocycles. The van der Waals surface area contributed by atoms with Gasteiger partial charge >= 0.3 is 0 Å². The van der Waals surface area contributed by atoms with Crippen molar-refractivity contribution in [1.29, 1.82) is 0 Å². The summed E-state index contributed by atoms with van der Waals surface area (Å²) in [6, 6.07) is 13.9. The molecule has 2 saturated heterocycles. The van der Waals surface area contributed by atoms with Gasteiger partial charge in [0.25, 0.3) is 5.91 Å². The molecule has 62 heavy (non-hydrogen) atoms. The SMILES string of the molecule is CCCCCCNNC(=O)c1ccc(N2CCN(CCCCCCCC(=O)N[C@H](C(=O)N3C[C@@H](O)C[C@@H]3C(=O)N[C@@H](C)c3ccc(-c4scnc4C)cc3)C(C)(C)C)CC2)cc1. The lowest BCUT2D eigenvalue weighted by Crippen LogP contribution is -2.57. The first-order valence-electron chi connectivity index (χ1n) is 22.9. The number of benzene rings is 2. The highest BCUT2D eigenvalue weighted by atomic mass is 32.1. The van der Waals surface area contributed by atoms with Gasteiger partial charge in [-0.3, -0.25) is 29.5 Å². The fourth-order valence-corrected chi connectivity index (χ4v) is 9.12. The molecule has 4 atom stereocenters. The van der Waals surface area contributed by atoms with Crippen molar-refractivity contribution in [3.05, 3.63) is 70.9 Å². The van der Waals surface area contributed by atoms with Crippen molar-refractivity contribution in [2.45, 2.75) is 136 Å². The van der Waals surface area contributed by atoms with E-state index in [1.54, 1.807) is 11.3 Å². The molecular weight excluding hydrogens is 801 g/mol. The van der Waals surface area contributed by atoms with Gasteiger partial charge in [0.1, 0.15) is 12.1 Å². The van der Waals surface area contributed by atoms with Crippen LogP contribution in [0.25, 0.3) is 10.4 Å². The molecule has 2 fully saturated rings. The molecule has 2 aliphatic rings. The third-order valence-electron chi connectivity index (χ3n) is 12.2. The Morgan fingerprint density at radius 2 is 1.55 bits per heavy atom. The van der Waals surface area contributed by atoms with Gasteiger partial charge in [-0.15, -0.1) is 11.3 Å². The van der Waals surface area contributed by atoms with E-state index in [0.29, 0.717) is 12.0 Å². The third-order valence-corrected chi connectivity index (χ3v) is 13.1. The summed E-state index contributed by atoms with van der Waals surface area (Å²) in [4.78, 5) is 65.2. The summed E-state index contributed by atoms with van der Waals surface area (Å²) in [6.45, 7) is 17.6. The second-order valence-electron chi connectivity index (χ2n) is 18.2. The van der Waals surface area contributed by atoms with Crippen LogP contribution in [-0.2, 0) is 14.4 Å². The predicted octanol–water partition coefficient (Wildman–Crippen LogP) is 6.77. The second-order valence-corrected chi connectivity index (χ2v) is 19.1. The molecule has 2 aromatic carbocycles. The number of aryl methyl sites for hydroxylation is 1. The zero-order valence-corrected chi connectivity index (χ0v) is 38.8. The van der Waals surface area contributed by atoms with Crippen LogP contribution in [0.1, 0.15) is 133 Å². The number of hydrazine groups is 1. The molecule has 5 N–H and O–H groups in total. The molecule has 0 bridgehead atoms. The highest BCUT2D eigenvalue weighted by molar-refractivity contribution is 7.13. The van der Waals surface area contributed by atoms with Crippen LogP contribution in [0.4, 0.5) is 5.69 Å². The molecule has 13 nitrogen and oxygen atoms in total. The summed E-state index contributed by atoms with van der Waals surface area (Å²) in [7, 11) is 0. The number of hydrogen-bond acceptors (Lipinski definition) is 10. The van der Waals surface area contributed by atoms with E-state index in [0.717, 1.165) is 105 Å². The molecule has 14 heteroatoms. The standard InChI is InChI=1S/C48H72N8O5S/c1-7-8-9-14-25-50-53-45(59)38-21-23-39(24-22-38)55-29-27-54(28-30-55)26-15-12-10-11-13-16-42(58)52-44(48(4,5)6)47(61)56-32-40(57)31-41(56)46(60)51-34(2)36-17-19-37(20-18-36)43-35(3)49-33-62-43/h17-24,33-34,40-41,44,50,57H,7-16,25-32H2,1-6H3,(H,51,60)(H,52,58)(H,53,59)/t34-,40-,41+,44+/m0/s1. The monoisotopic (exact) mass is 873 g/mol. The number of hydrogen-bond donors (Lipinski definition) is 5. The van der Waals surface area contributed by atoms with E-state index in [1.807, 2.05) is 88.7 Å². The summed E-state index contributed by atoms with van der Waals surface area (Å²) in [5.74, 6) is -0.952. The van der Waals surface area contributed by atoms with Crippen molar-refractivity contribution in [1.82, 2.24) is 36.3 Å². The lowest BCUT2D eigenvalue weighted by Gasteiger charge is -2.36. The second kappa shape index (κ2) is 23.9. The summed E-state index contributed by atoms with van der Waals surface area (Å²) >= 11 is 1.59. The van der Waals surface area contributed by atoms with Gasteiger partial charge in [0.05, 0.1) is 28.2 Å². The molecule has 0 saturated carbocycles. The number of carbonyl (C=O) groups excluding carboxylic acids is 4. The van der Waals surface area contributed by atoms with E-state index in [4.69, 9.17) is 0 Å². The van der Waals surface area contributed by atoms with E-state index < -0.39 is 23.6 Å². The zero-order valence-electron chi connectivity index (χ0n) is 38.0. The number of aromatic nitrogens is 1. The Bertz CT molecular complexity index is 1870. The van der Waals surface area contributed by atoms with Gasteiger partial charge in [-0.2, -0.15) is 0 Å². The van der Waals surface area contributed by atoms with Gasteiger partial charge in [-0.1, -0.05) is 90.5 Å². The van der Waals surface area contributed by atoms with Gasteiger partial charge < -0.3 is 25.5 Å². The molecule has 3 heterocycles. The van der Waals surface area contributed by atoms with Gasteiger partial charge in [0.2, 0.25) is 17.7 Å². The van der Waals surface area contributed by atoms with Crippen molar-refractivity contribution in [2.75, 3.05) is 50.7 Å². The fourth-order valence-electron chi connectivity index (χ4n) is 8.31. The lowest BCUT2D eigenvalue weighted by atomic mass is 9.85. The molecular formula is C48H72N8O5S. The normalized spacial score (nSPS) is 18.0. The number of amides is 4. The maximum Gasteiger partial charge on any atom is 0.265 e. The van der Waals surface area contributed by atoms with E-state index in [-0.39, 0.29) is 42.6 Å². The number of carbonyl (C=O) groups is 4. The lowest BCUT2D eigenvalue weighted by molar-refractivity contribution is -0.144. The highest BCUT2D eigenvalue weighted by Crippen LogP contribution is 2.30. The van der Waals surface area contributed by atoms with Gasteiger partial charge in [0.15, 0.2) is 0 Å². The van der Waals surface area contributed by atoms with Crippen molar-refractivity contribution < 1.29 is 24.3 Å². The molecule has 5 rings (SSSR count). The number of nitrogens with zero attached hydrogens (tertiary/aromatic N) is 4. The van der Waals surface area contributed by atoms with Crippen LogP contribution in [0.5, 0.6) is 0 Å². The Morgan fingerprint density at radius 3 is 2.21 bits per heavy atom. The molecule has 1 aromatic heterocycles. The summed E-state index contributed by atoms with van der Waals surface area (Å²) < 4.78 is 0. The number of aliphatic hydroxyl groups excluding tert-OH is 1. The topological polar surface area (TPSA) is 159 Å². The molecule has 4 amide bonds. The van der Waals surface area contributed by atoms with Crippen molar-refractivity contribution in [3.8, 4) is 10.4 Å². The number of piperazine rings is 1. The average Bonchev–Trinajstić information content (AvgIpc) is 3.88. The van der Waals surface area contributed by atoms with Crippen molar-refractivity contribution in [2.24, 2.45) is 5.41 Å². The molecule has 0 spiro atoms.